The van der Waals surface area contributed by atoms with Gasteiger partial charge in [0, 0.05) is 38.6 Å². The third kappa shape index (κ3) is 3.71. The number of alkyl halides is 3. The molecule has 1 saturated heterocycles. The Hall–Kier alpha value is -2.18. The number of aromatic nitrogens is 1. The molecule has 28 heavy (non-hydrogen) atoms. The van der Waals surface area contributed by atoms with Crippen molar-refractivity contribution >= 4 is 25.5 Å². The van der Waals surface area contributed by atoms with Gasteiger partial charge in [-0.05, 0) is 24.3 Å². The number of sulfone groups is 1. The van der Waals surface area contributed by atoms with E-state index in [1.165, 1.54) is 51.9 Å². The number of pyridine rings is 1. The van der Waals surface area contributed by atoms with Gasteiger partial charge in [0.1, 0.15) is 4.90 Å². The zero-order valence-electron chi connectivity index (χ0n) is 14.4. The van der Waals surface area contributed by atoms with Gasteiger partial charge in [0.05, 0.1) is 10.6 Å². The molecule has 1 aliphatic rings. The highest BCUT2D eigenvalue weighted by atomic mass is 32.2. The molecule has 0 radical (unpaired) electrons. The lowest BCUT2D eigenvalue weighted by molar-refractivity contribution is -0.0435. The molecule has 0 N–H and O–H groups in total. The van der Waals surface area contributed by atoms with Crippen LogP contribution in [0.15, 0.2) is 58.6 Å². The van der Waals surface area contributed by atoms with Gasteiger partial charge in [0.2, 0.25) is 10.0 Å². The van der Waals surface area contributed by atoms with Crippen molar-refractivity contribution < 1.29 is 30.0 Å². The molecular formula is C16H16F3N3O4S2. The van der Waals surface area contributed by atoms with Gasteiger partial charge >= 0.3 is 5.51 Å². The van der Waals surface area contributed by atoms with Gasteiger partial charge in [-0.3, -0.25) is 4.98 Å². The van der Waals surface area contributed by atoms with Gasteiger partial charge in [0.25, 0.3) is 9.84 Å². The van der Waals surface area contributed by atoms with Crippen LogP contribution in [0.3, 0.4) is 0 Å². The summed E-state index contributed by atoms with van der Waals surface area (Å²) in [6.45, 7) is 0.0863. The number of halogens is 3. The quantitative estimate of drug-likeness (QED) is 0.729. The van der Waals surface area contributed by atoms with Crippen molar-refractivity contribution in [1.82, 2.24) is 9.29 Å². The molecule has 1 fully saturated rings. The first-order valence-corrected chi connectivity index (χ1v) is 11.0. The van der Waals surface area contributed by atoms with Crippen molar-refractivity contribution in [3.8, 4) is 0 Å². The number of benzene rings is 1. The van der Waals surface area contributed by atoms with E-state index >= 15 is 0 Å². The smallest absolute Gasteiger partial charge is 0.368 e. The van der Waals surface area contributed by atoms with Gasteiger partial charge in [-0.25, -0.2) is 16.8 Å². The molecule has 0 unspecified atom stereocenters. The van der Waals surface area contributed by atoms with Crippen molar-refractivity contribution in [3.63, 3.8) is 0 Å². The van der Waals surface area contributed by atoms with E-state index in [0.29, 0.717) is 0 Å². The SMILES string of the molecule is O=S(=O)(c1cccnc1)N1CCN(c2ccccc2S(=O)(=O)C(F)(F)F)CC1. The Morgan fingerprint density at radius 3 is 2.11 bits per heavy atom. The van der Waals surface area contributed by atoms with Crippen LogP contribution >= 0.6 is 0 Å². The standard InChI is InChI=1S/C16H16F3N3O4S2/c17-16(18,19)27(23,24)15-6-2-1-5-14(15)21-8-10-22(11-9-21)28(25,26)13-4-3-7-20-12-13/h1-7,12H,8-11H2. The highest BCUT2D eigenvalue weighted by Crippen LogP contribution is 2.36. The van der Waals surface area contributed by atoms with Gasteiger partial charge in [0.15, 0.2) is 0 Å². The molecular weight excluding hydrogens is 419 g/mol. The summed E-state index contributed by atoms with van der Waals surface area (Å²) in [5, 5.41) is 0. The van der Waals surface area contributed by atoms with E-state index in [1.54, 1.807) is 0 Å². The predicted octanol–water partition coefficient (Wildman–Crippen LogP) is 1.89. The van der Waals surface area contributed by atoms with Crippen LogP contribution < -0.4 is 4.90 Å². The minimum Gasteiger partial charge on any atom is -0.368 e. The normalized spacial score (nSPS) is 16.9. The van der Waals surface area contributed by atoms with Crippen molar-refractivity contribution in [2.75, 3.05) is 31.1 Å². The van der Waals surface area contributed by atoms with E-state index in [1.807, 2.05) is 0 Å². The number of nitrogens with zero attached hydrogens (tertiary/aromatic N) is 3. The molecule has 0 spiro atoms. The molecule has 1 aromatic carbocycles. The van der Waals surface area contributed by atoms with Gasteiger partial charge in [-0.2, -0.15) is 17.5 Å². The molecule has 0 atom stereocenters. The van der Waals surface area contributed by atoms with Crippen LogP contribution in [0, 0.1) is 0 Å². The molecule has 1 aliphatic heterocycles. The van der Waals surface area contributed by atoms with Crippen molar-refractivity contribution in [3.05, 3.63) is 48.8 Å². The van der Waals surface area contributed by atoms with Crippen LogP contribution in [-0.4, -0.2) is 57.8 Å². The summed E-state index contributed by atoms with van der Waals surface area (Å²) in [7, 11) is -9.31. The summed E-state index contributed by atoms with van der Waals surface area (Å²) in [4.78, 5) is 4.39. The zero-order chi connectivity index (χ0) is 20.6. The van der Waals surface area contributed by atoms with Crippen LogP contribution in [0.25, 0.3) is 0 Å². The van der Waals surface area contributed by atoms with Crippen LogP contribution in [0.2, 0.25) is 0 Å². The Labute approximate surface area is 160 Å². The lowest BCUT2D eigenvalue weighted by atomic mass is 10.2. The lowest BCUT2D eigenvalue weighted by Crippen LogP contribution is -2.49. The Kier molecular flexibility index (Phi) is 5.38. The molecule has 12 heteroatoms. The van der Waals surface area contributed by atoms with E-state index < -0.39 is 30.3 Å². The Morgan fingerprint density at radius 1 is 0.893 bits per heavy atom. The molecule has 0 aliphatic carbocycles. The van der Waals surface area contributed by atoms with Gasteiger partial charge in [-0.1, -0.05) is 12.1 Å². The molecule has 152 valence electrons. The predicted molar refractivity (Wildman–Crippen MR) is 94.9 cm³/mol. The van der Waals surface area contributed by atoms with Crippen LogP contribution in [0.1, 0.15) is 0 Å². The average Bonchev–Trinajstić information content (AvgIpc) is 2.68. The minimum atomic E-state index is -5.52. The highest BCUT2D eigenvalue weighted by molar-refractivity contribution is 7.92. The lowest BCUT2D eigenvalue weighted by Gasteiger charge is -2.36. The van der Waals surface area contributed by atoms with E-state index in [2.05, 4.69) is 4.98 Å². The second-order valence-corrected chi connectivity index (χ2v) is 9.84. The van der Waals surface area contributed by atoms with Crippen LogP contribution in [0.5, 0.6) is 0 Å². The maximum absolute atomic E-state index is 13.0. The Morgan fingerprint density at radius 2 is 1.54 bits per heavy atom. The number of rotatable bonds is 4. The van der Waals surface area contributed by atoms with Crippen molar-refractivity contribution in [2.45, 2.75) is 15.3 Å². The molecule has 7 nitrogen and oxygen atoms in total. The zero-order valence-corrected chi connectivity index (χ0v) is 16.0. The molecule has 0 amide bonds. The second kappa shape index (κ2) is 7.33. The molecule has 0 bridgehead atoms. The maximum Gasteiger partial charge on any atom is 0.501 e. The van der Waals surface area contributed by atoms with E-state index in [9.17, 15) is 30.0 Å². The van der Waals surface area contributed by atoms with E-state index in [4.69, 9.17) is 0 Å². The number of piperazine rings is 1. The molecule has 3 rings (SSSR count). The number of sulfonamides is 1. The van der Waals surface area contributed by atoms with E-state index in [0.717, 1.165) is 6.07 Å². The first-order valence-electron chi connectivity index (χ1n) is 8.10. The fourth-order valence-electron chi connectivity index (χ4n) is 2.89. The Balaban J connectivity index is 1.84. The van der Waals surface area contributed by atoms with Crippen LogP contribution in [-0.2, 0) is 19.9 Å². The largest absolute Gasteiger partial charge is 0.501 e. The number of hydrogen-bond acceptors (Lipinski definition) is 6. The number of hydrogen-bond donors (Lipinski definition) is 0. The third-order valence-corrected chi connectivity index (χ3v) is 7.73. The number of para-hydroxylation sites is 1. The first-order chi connectivity index (χ1) is 13.0. The van der Waals surface area contributed by atoms with Gasteiger partial charge < -0.3 is 4.90 Å². The molecule has 2 heterocycles. The maximum atomic E-state index is 13.0. The monoisotopic (exact) mass is 435 g/mol. The van der Waals surface area contributed by atoms with E-state index in [-0.39, 0.29) is 36.8 Å². The van der Waals surface area contributed by atoms with Crippen molar-refractivity contribution in [1.29, 1.82) is 0 Å². The molecule has 0 saturated carbocycles. The fraction of sp³-hybridized carbons (Fsp3) is 0.312. The molecule has 1 aromatic heterocycles. The van der Waals surface area contributed by atoms with Crippen LogP contribution in [0.4, 0.5) is 18.9 Å². The highest BCUT2D eigenvalue weighted by Gasteiger charge is 2.48. The fourth-order valence-corrected chi connectivity index (χ4v) is 5.25. The summed E-state index contributed by atoms with van der Waals surface area (Å²) < 4.78 is 89.1. The summed E-state index contributed by atoms with van der Waals surface area (Å²) >= 11 is 0. The molecule has 2 aromatic rings. The first kappa shape index (κ1) is 20.6. The second-order valence-electron chi connectivity index (χ2n) is 6.00. The summed E-state index contributed by atoms with van der Waals surface area (Å²) in [5.41, 5.74) is -5.52. The summed E-state index contributed by atoms with van der Waals surface area (Å²) in [6.07, 6.45) is 2.65. The minimum absolute atomic E-state index is 0.00235. The number of anilines is 1. The third-order valence-electron chi connectivity index (χ3n) is 4.31. The van der Waals surface area contributed by atoms with Crippen molar-refractivity contribution in [2.24, 2.45) is 0 Å². The average molecular weight is 435 g/mol. The van der Waals surface area contributed by atoms with Gasteiger partial charge in [-0.15, -0.1) is 0 Å². The summed E-state index contributed by atoms with van der Waals surface area (Å²) in [5.74, 6) is 0. The topological polar surface area (TPSA) is 87.7 Å². The Bertz CT molecular complexity index is 1050. The summed E-state index contributed by atoms with van der Waals surface area (Å²) in [6, 6.07) is 7.72.